The molecule has 104 valence electrons. The first-order valence-electron chi connectivity index (χ1n) is 6.56. The van der Waals surface area contributed by atoms with E-state index in [4.69, 9.17) is 4.74 Å². The van der Waals surface area contributed by atoms with E-state index in [-0.39, 0.29) is 0 Å². The Hall–Kier alpha value is -1.81. The second-order valence-corrected chi connectivity index (χ2v) is 5.13. The number of ether oxygens (including phenoxy) is 1. The summed E-state index contributed by atoms with van der Waals surface area (Å²) in [5.74, 6) is 0.861. The molecule has 1 N–H and O–H groups in total. The molecule has 20 heavy (non-hydrogen) atoms. The van der Waals surface area contributed by atoms with E-state index in [1.165, 1.54) is 0 Å². The Labute approximate surface area is 127 Å². The highest BCUT2D eigenvalue weighted by Crippen LogP contribution is 2.25. The highest BCUT2D eigenvalue weighted by atomic mass is 79.9. The van der Waals surface area contributed by atoms with Crippen molar-refractivity contribution in [2.45, 2.75) is 13.3 Å². The molecule has 0 aromatic heterocycles. The maximum atomic E-state index is 5.61. The zero-order valence-corrected chi connectivity index (χ0v) is 12.9. The molecule has 2 rings (SSSR count). The molecule has 0 aliphatic heterocycles. The highest BCUT2D eigenvalue weighted by molar-refractivity contribution is 9.10. The molecule has 0 saturated carbocycles. The van der Waals surface area contributed by atoms with Crippen LogP contribution in [0.5, 0.6) is 5.75 Å². The first-order valence-corrected chi connectivity index (χ1v) is 7.35. The van der Waals surface area contributed by atoms with Gasteiger partial charge in [0.05, 0.1) is 23.0 Å². The number of halogens is 1. The average Bonchev–Trinajstić information content (AvgIpc) is 2.47. The first kappa shape index (κ1) is 14.6. The summed E-state index contributed by atoms with van der Waals surface area (Å²) < 4.78 is 6.55. The van der Waals surface area contributed by atoms with Crippen molar-refractivity contribution in [1.82, 2.24) is 0 Å². The monoisotopic (exact) mass is 332 g/mol. The summed E-state index contributed by atoms with van der Waals surface area (Å²) in [4.78, 5) is 0. The van der Waals surface area contributed by atoms with Crippen LogP contribution in [0, 0.1) is 0 Å². The normalized spacial score (nSPS) is 10.7. The van der Waals surface area contributed by atoms with E-state index in [1.807, 2.05) is 48.5 Å². The van der Waals surface area contributed by atoms with Crippen molar-refractivity contribution in [3.05, 3.63) is 58.6 Å². The van der Waals surface area contributed by atoms with E-state index < -0.39 is 0 Å². The number of anilines is 1. The number of nitrogens with zero attached hydrogens (tertiary/aromatic N) is 1. The minimum atomic E-state index is 0.724. The van der Waals surface area contributed by atoms with Crippen molar-refractivity contribution in [1.29, 1.82) is 0 Å². The molecule has 0 amide bonds. The molecule has 0 unspecified atom stereocenters. The minimum Gasteiger partial charge on any atom is -0.492 e. The van der Waals surface area contributed by atoms with Crippen LogP contribution in [0.15, 0.2) is 58.1 Å². The fraction of sp³-hybridized carbons (Fsp3) is 0.188. The Bertz CT molecular complexity index is 570. The van der Waals surface area contributed by atoms with Crippen molar-refractivity contribution < 1.29 is 4.74 Å². The van der Waals surface area contributed by atoms with Crippen LogP contribution in [-0.2, 0) is 0 Å². The summed E-state index contributed by atoms with van der Waals surface area (Å²) >= 11 is 3.51. The van der Waals surface area contributed by atoms with E-state index in [2.05, 4.69) is 33.4 Å². The fourth-order valence-corrected chi connectivity index (χ4v) is 2.13. The van der Waals surface area contributed by atoms with E-state index in [0.717, 1.165) is 34.5 Å². The molecule has 0 heterocycles. The van der Waals surface area contributed by atoms with Gasteiger partial charge in [-0.05, 0) is 58.2 Å². The molecule has 3 nitrogen and oxygen atoms in total. The van der Waals surface area contributed by atoms with E-state index >= 15 is 0 Å². The highest BCUT2D eigenvalue weighted by Gasteiger charge is 2.01. The number of benzene rings is 2. The summed E-state index contributed by atoms with van der Waals surface area (Å²) in [5, 5.41) is 4.21. The second-order valence-electron chi connectivity index (χ2n) is 4.27. The van der Waals surface area contributed by atoms with Crippen LogP contribution in [0.25, 0.3) is 0 Å². The van der Waals surface area contributed by atoms with Gasteiger partial charge in [-0.15, -0.1) is 0 Å². The Morgan fingerprint density at radius 3 is 2.70 bits per heavy atom. The Balaban J connectivity index is 1.97. The van der Waals surface area contributed by atoms with Crippen LogP contribution in [0.4, 0.5) is 5.69 Å². The average molecular weight is 333 g/mol. The van der Waals surface area contributed by atoms with Crippen LogP contribution >= 0.6 is 15.9 Å². The van der Waals surface area contributed by atoms with Gasteiger partial charge in [0, 0.05) is 0 Å². The molecule has 0 spiro atoms. The molecule has 2 aromatic rings. The number of hydrogen-bond donors (Lipinski definition) is 1. The summed E-state index contributed by atoms with van der Waals surface area (Å²) in [5.41, 5.74) is 4.95. The maximum absolute atomic E-state index is 5.61. The molecule has 0 aliphatic carbocycles. The summed E-state index contributed by atoms with van der Waals surface area (Å²) in [7, 11) is 0. The fourth-order valence-electron chi connectivity index (χ4n) is 1.62. The summed E-state index contributed by atoms with van der Waals surface area (Å²) in [6.45, 7) is 2.81. The standard InChI is InChI=1S/C16H17BrN2O/c1-2-10-20-16-9-8-13(11-15(16)17)12-18-19-14-6-4-3-5-7-14/h3-9,11-12,19H,2,10H2,1H3. The van der Waals surface area contributed by atoms with Crippen LogP contribution in [0.2, 0.25) is 0 Å². The molecular weight excluding hydrogens is 316 g/mol. The first-order chi connectivity index (χ1) is 9.79. The van der Waals surface area contributed by atoms with Gasteiger partial charge in [-0.25, -0.2) is 0 Å². The number of nitrogens with one attached hydrogen (secondary N) is 1. The zero-order chi connectivity index (χ0) is 14.2. The Morgan fingerprint density at radius 1 is 1.20 bits per heavy atom. The predicted octanol–water partition coefficient (Wildman–Crippen LogP) is 4.68. The van der Waals surface area contributed by atoms with Crippen LogP contribution in [-0.4, -0.2) is 12.8 Å². The molecule has 0 atom stereocenters. The lowest BCUT2D eigenvalue weighted by atomic mass is 10.2. The topological polar surface area (TPSA) is 33.6 Å². The minimum absolute atomic E-state index is 0.724. The van der Waals surface area contributed by atoms with Crippen molar-refractivity contribution in [2.24, 2.45) is 5.10 Å². The maximum Gasteiger partial charge on any atom is 0.133 e. The van der Waals surface area contributed by atoms with Crippen LogP contribution in [0.1, 0.15) is 18.9 Å². The molecule has 4 heteroatoms. The third-order valence-corrected chi connectivity index (χ3v) is 3.22. The van der Waals surface area contributed by atoms with Gasteiger partial charge in [0.15, 0.2) is 0 Å². The molecule has 0 saturated heterocycles. The van der Waals surface area contributed by atoms with Gasteiger partial charge in [0.2, 0.25) is 0 Å². The van der Waals surface area contributed by atoms with E-state index in [9.17, 15) is 0 Å². The van der Waals surface area contributed by atoms with Gasteiger partial charge < -0.3 is 4.74 Å². The number of para-hydroxylation sites is 1. The van der Waals surface area contributed by atoms with Gasteiger partial charge in [0.1, 0.15) is 5.75 Å². The Kier molecular flexibility index (Phi) is 5.62. The lowest BCUT2D eigenvalue weighted by Crippen LogP contribution is -1.96. The largest absolute Gasteiger partial charge is 0.492 e. The third-order valence-electron chi connectivity index (χ3n) is 2.60. The van der Waals surface area contributed by atoms with Crippen LogP contribution < -0.4 is 10.2 Å². The van der Waals surface area contributed by atoms with Gasteiger partial charge in [0.25, 0.3) is 0 Å². The van der Waals surface area contributed by atoms with Crippen molar-refractivity contribution >= 4 is 27.8 Å². The number of hydrazone groups is 1. The lowest BCUT2D eigenvalue weighted by molar-refractivity contribution is 0.315. The van der Waals surface area contributed by atoms with E-state index in [0.29, 0.717) is 0 Å². The van der Waals surface area contributed by atoms with Gasteiger partial charge in [-0.3, -0.25) is 5.43 Å². The SMILES string of the molecule is CCCOc1ccc(C=NNc2ccccc2)cc1Br. The van der Waals surface area contributed by atoms with Crippen molar-refractivity contribution in [3.8, 4) is 5.75 Å². The van der Waals surface area contributed by atoms with Gasteiger partial charge >= 0.3 is 0 Å². The van der Waals surface area contributed by atoms with Crippen LogP contribution in [0.3, 0.4) is 0 Å². The second kappa shape index (κ2) is 7.70. The van der Waals surface area contributed by atoms with Gasteiger partial charge in [-0.1, -0.05) is 25.1 Å². The molecule has 2 aromatic carbocycles. The Morgan fingerprint density at radius 2 is 2.00 bits per heavy atom. The van der Waals surface area contributed by atoms with Crippen molar-refractivity contribution in [2.75, 3.05) is 12.0 Å². The molecule has 0 bridgehead atoms. The predicted molar refractivity (Wildman–Crippen MR) is 87.6 cm³/mol. The number of hydrogen-bond acceptors (Lipinski definition) is 3. The number of rotatable bonds is 6. The van der Waals surface area contributed by atoms with Crippen molar-refractivity contribution in [3.63, 3.8) is 0 Å². The molecule has 0 radical (unpaired) electrons. The molecule has 0 fully saturated rings. The van der Waals surface area contributed by atoms with E-state index in [1.54, 1.807) is 6.21 Å². The summed E-state index contributed by atoms with van der Waals surface area (Å²) in [6, 6.07) is 15.8. The molecule has 0 aliphatic rings. The van der Waals surface area contributed by atoms with Gasteiger partial charge in [-0.2, -0.15) is 5.10 Å². The third kappa shape index (κ3) is 4.38. The quantitative estimate of drug-likeness (QED) is 0.615. The summed E-state index contributed by atoms with van der Waals surface area (Å²) in [6.07, 6.45) is 2.78. The smallest absolute Gasteiger partial charge is 0.133 e. The lowest BCUT2D eigenvalue weighted by Gasteiger charge is -2.07. The zero-order valence-electron chi connectivity index (χ0n) is 11.3. The molecular formula is C16H17BrN2O.